The molecule has 7 heteroatoms. The molecule has 0 aliphatic rings. The molecule has 0 fully saturated rings. The number of rotatable bonds is 12. The van der Waals surface area contributed by atoms with Crippen molar-refractivity contribution in [2.24, 2.45) is 0 Å². The first-order valence-electron chi connectivity index (χ1n) is 11.5. The molecule has 3 rings (SSSR count). The van der Waals surface area contributed by atoms with Crippen LogP contribution in [0.4, 0.5) is 0 Å². The molecule has 0 unspecified atom stereocenters. The van der Waals surface area contributed by atoms with Crippen molar-refractivity contribution in [3.8, 4) is 0 Å². The van der Waals surface area contributed by atoms with Gasteiger partial charge >= 0.3 is 0 Å². The van der Waals surface area contributed by atoms with Crippen molar-refractivity contribution in [3.05, 3.63) is 90.0 Å². The number of methoxy groups -OCH3 is 1. The highest BCUT2D eigenvalue weighted by molar-refractivity contribution is 7.91. The van der Waals surface area contributed by atoms with Gasteiger partial charge in [0.2, 0.25) is 0 Å². The van der Waals surface area contributed by atoms with E-state index in [2.05, 4.69) is 38.1 Å². The van der Waals surface area contributed by atoms with Gasteiger partial charge < -0.3 is 9.16 Å². The standard InChI is InChI=1S/C27H33ClO4SSi/c1-27(2,19-10-20-31-3)32-34(25-11-6-4-7-12-25,26-13-8-5-9-14-26)22-21-33(29,30)24-17-15-23(28)16-18-24/h4-9,11-18H,10,19-22H2,1-3H3. The maximum Gasteiger partial charge on any atom is 0.257 e. The Kier molecular flexibility index (Phi) is 9.12. The molecule has 0 aromatic heterocycles. The summed E-state index contributed by atoms with van der Waals surface area (Å²) in [6, 6.07) is 27.0. The fourth-order valence-corrected chi connectivity index (χ4v) is 11.1. The van der Waals surface area contributed by atoms with Crippen LogP contribution in [-0.2, 0) is 19.0 Å². The SMILES string of the molecule is COCCCC(C)(C)O[Si](CCS(=O)(=O)c1ccc(Cl)cc1)(c1ccccc1)c1ccccc1. The molecule has 34 heavy (non-hydrogen) atoms. The highest BCUT2D eigenvalue weighted by Crippen LogP contribution is 2.27. The lowest BCUT2D eigenvalue weighted by molar-refractivity contribution is 0.0790. The van der Waals surface area contributed by atoms with Crippen molar-refractivity contribution in [2.75, 3.05) is 19.5 Å². The Labute approximate surface area is 209 Å². The minimum Gasteiger partial charge on any atom is -0.403 e. The van der Waals surface area contributed by atoms with Crippen molar-refractivity contribution in [1.82, 2.24) is 0 Å². The van der Waals surface area contributed by atoms with Crippen molar-refractivity contribution in [3.63, 3.8) is 0 Å². The largest absolute Gasteiger partial charge is 0.403 e. The second-order valence-corrected chi connectivity index (χ2v) is 15.1. The number of ether oxygens (including phenoxy) is 1. The summed E-state index contributed by atoms with van der Waals surface area (Å²) in [5.41, 5.74) is -0.458. The minimum atomic E-state index is -3.53. The van der Waals surface area contributed by atoms with E-state index in [-0.39, 0.29) is 10.6 Å². The quantitative estimate of drug-likeness (QED) is 0.248. The van der Waals surface area contributed by atoms with Crippen molar-refractivity contribution in [1.29, 1.82) is 0 Å². The molecule has 0 aliphatic carbocycles. The van der Waals surface area contributed by atoms with E-state index in [1.807, 2.05) is 36.4 Å². The van der Waals surface area contributed by atoms with E-state index in [1.54, 1.807) is 31.4 Å². The lowest BCUT2D eigenvalue weighted by Gasteiger charge is -2.40. The summed E-state index contributed by atoms with van der Waals surface area (Å²) in [5, 5.41) is 2.64. The Morgan fingerprint density at radius 2 is 1.38 bits per heavy atom. The molecule has 0 spiro atoms. The molecule has 0 amide bonds. The fourth-order valence-electron chi connectivity index (χ4n) is 4.24. The lowest BCUT2D eigenvalue weighted by atomic mass is 10.0. The van der Waals surface area contributed by atoms with Gasteiger partial charge in [-0.3, -0.25) is 0 Å². The summed E-state index contributed by atoms with van der Waals surface area (Å²) in [6.07, 6.45) is 1.67. The summed E-state index contributed by atoms with van der Waals surface area (Å²) in [4.78, 5) is 0.278. The Morgan fingerprint density at radius 3 is 1.88 bits per heavy atom. The third-order valence-electron chi connectivity index (χ3n) is 5.95. The van der Waals surface area contributed by atoms with Crippen LogP contribution in [0.2, 0.25) is 11.1 Å². The molecule has 0 saturated carbocycles. The highest BCUT2D eigenvalue weighted by atomic mass is 35.5. The van der Waals surface area contributed by atoms with Crippen LogP contribution in [0.25, 0.3) is 0 Å². The summed E-state index contributed by atoms with van der Waals surface area (Å²) in [7, 11) is -4.77. The van der Waals surface area contributed by atoms with E-state index in [9.17, 15) is 8.42 Å². The summed E-state index contributed by atoms with van der Waals surface area (Å²) >= 11 is 5.98. The number of halogens is 1. The molecule has 182 valence electrons. The molecule has 0 atom stereocenters. The van der Waals surface area contributed by atoms with Gasteiger partial charge in [0.25, 0.3) is 8.32 Å². The lowest BCUT2D eigenvalue weighted by Crippen LogP contribution is -2.64. The van der Waals surface area contributed by atoms with Crippen LogP contribution in [0.15, 0.2) is 89.8 Å². The van der Waals surface area contributed by atoms with Gasteiger partial charge in [0.15, 0.2) is 9.84 Å². The number of hydrogen-bond acceptors (Lipinski definition) is 4. The summed E-state index contributed by atoms with van der Waals surface area (Å²) in [6.45, 7) is 4.83. The Morgan fingerprint density at radius 1 is 0.853 bits per heavy atom. The molecule has 0 heterocycles. The van der Waals surface area contributed by atoms with E-state index in [1.165, 1.54) is 0 Å². The molecule has 3 aromatic carbocycles. The topological polar surface area (TPSA) is 52.6 Å². The van der Waals surface area contributed by atoms with E-state index in [4.69, 9.17) is 20.8 Å². The van der Waals surface area contributed by atoms with Crippen LogP contribution in [-0.4, -0.2) is 41.8 Å². The number of hydrogen-bond donors (Lipinski definition) is 0. The Balaban J connectivity index is 2.05. The molecule has 0 aliphatic heterocycles. The second-order valence-electron chi connectivity index (χ2n) is 9.04. The molecule has 0 saturated heterocycles. The third-order valence-corrected chi connectivity index (χ3v) is 12.7. The molecule has 3 aromatic rings. The summed E-state index contributed by atoms with van der Waals surface area (Å²) in [5.74, 6) is -0.0151. The zero-order chi connectivity index (χ0) is 24.7. The van der Waals surface area contributed by atoms with Gasteiger partial charge in [0.1, 0.15) is 0 Å². The van der Waals surface area contributed by atoms with Crippen LogP contribution in [0, 0.1) is 0 Å². The van der Waals surface area contributed by atoms with E-state index >= 15 is 0 Å². The molecule has 0 N–H and O–H groups in total. The maximum atomic E-state index is 13.3. The summed E-state index contributed by atoms with van der Waals surface area (Å²) < 4.78 is 39.0. The number of sulfone groups is 1. The van der Waals surface area contributed by atoms with Gasteiger partial charge in [0, 0.05) is 18.7 Å². The first kappa shape index (κ1) is 26.6. The Hall–Kier alpha value is -1.96. The van der Waals surface area contributed by atoms with E-state index < -0.39 is 23.8 Å². The predicted octanol–water partition coefficient (Wildman–Crippen LogP) is 5.10. The molecule has 0 radical (unpaired) electrons. The van der Waals surface area contributed by atoms with Gasteiger partial charge in [0.05, 0.1) is 16.2 Å². The zero-order valence-corrected chi connectivity index (χ0v) is 22.6. The van der Waals surface area contributed by atoms with Gasteiger partial charge in [-0.25, -0.2) is 8.42 Å². The highest BCUT2D eigenvalue weighted by Gasteiger charge is 2.44. The van der Waals surface area contributed by atoms with Crippen molar-refractivity contribution in [2.45, 2.75) is 43.2 Å². The monoisotopic (exact) mass is 516 g/mol. The van der Waals surface area contributed by atoms with E-state index in [0.29, 0.717) is 17.7 Å². The van der Waals surface area contributed by atoms with Gasteiger partial charge in [-0.1, -0.05) is 72.3 Å². The first-order valence-corrected chi connectivity index (χ1v) is 15.6. The van der Waals surface area contributed by atoms with Crippen LogP contribution >= 0.6 is 11.6 Å². The molecular formula is C27H33ClO4SSi. The van der Waals surface area contributed by atoms with Gasteiger partial charge in [-0.15, -0.1) is 0 Å². The molecular weight excluding hydrogens is 484 g/mol. The normalized spacial score (nSPS) is 12.6. The smallest absolute Gasteiger partial charge is 0.257 e. The van der Waals surface area contributed by atoms with Crippen LogP contribution in [0.3, 0.4) is 0 Å². The zero-order valence-electron chi connectivity index (χ0n) is 20.0. The second kappa shape index (κ2) is 11.6. The van der Waals surface area contributed by atoms with Gasteiger partial charge in [-0.05, 0) is 67.4 Å². The Bertz CT molecular complexity index is 1090. The average molecular weight is 517 g/mol. The van der Waals surface area contributed by atoms with E-state index in [0.717, 1.165) is 23.2 Å². The molecule has 4 nitrogen and oxygen atoms in total. The van der Waals surface area contributed by atoms with Crippen molar-refractivity contribution < 1.29 is 17.6 Å². The van der Waals surface area contributed by atoms with Crippen molar-refractivity contribution >= 4 is 40.1 Å². The van der Waals surface area contributed by atoms with Crippen LogP contribution in [0.5, 0.6) is 0 Å². The predicted molar refractivity (Wildman–Crippen MR) is 142 cm³/mol. The maximum absolute atomic E-state index is 13.3. The minimum absolute atomic E-state index is 0.0151. The fraction of sp³-hybridized carbons (Fsp3) is 0.333. The number of benzene rings is 3. The van der Waals surface area contributed by atoms with Crippen LogP contribution in [0.1, 0.15) is 26.7 Å². The third kappa shape index (κ3) is 6.80. The first-order chi connectivity index (χ1) is 16.2. The van der Waals surface area contributed by atoms with Crippen LogP contribution < -0.4 is 10.4 Å². The average Bonchev–Trinajstić information content (AvgIpc) is 2.83. The molecule has 0 bridgehead atoms. The van der Waals surface area contributed by atoms with Gasteiger partial charge in [-0.2, -0.15) is 0 Å².